The van der Waals surface area contributed by atoms with Gasteiger partial charge in [0.1, 0.15) is 6.61 Å². The summed E-state index contributed by atoms with van der Waals surface area (Å²) in [6, 6.07) is 16.7. The van der Waals surface area contributed by atoms with Crippen molar-refractivity contribution in [2.75, 3.05) is 0 Å². The fourth-order valence-electron chi connectivity index (χ4n) is 2.01. The molecule has 1 heterocycles. The minimum absolute atomic E-state index is 0.116. The number of aromatic nitrogens is 2. The van der Waals surface area contributed by atoms with Gasteiger partial charge < -0.3 is 4.74 Å². The lowest BCUT2D eigenvalue weighted by Crippen LogP contribution is -2.00. The Hall–Kier alpha value is -2.26. The van der Waals surface area contributed by atoms with Gasteiger partial charge in [-0.3, -0.25) is 0 Å². The fraction of sp³-hybridized carbons (Fsp3) is 0.0556. The highest BCUT2D eigenvalue weighted by Gasteiger charge is 2.10. The van der Waals surface area contributed by atoms with Crippen LogP contribution < -0.4 is 4.74 Å². The average Bonchev–Trinajstić information content (AvgIpc) is 2.62. The van der Waals surface area contributed by atoms with Gasteiger partial charge in [0.05, 0.1) is 16.5 Å². The minimum atomic E-state index is 0.116. The summed E-state index contributed by atoms with van der Waals surface area (Å²) in [4.78, 5) is 9.86. The number of hydrogen-bond donors (Lipinski definition) is 0. The molecular formula is C18H11Cl2N3OS. The summed E-state index contributed by atoms with van der Waals surface area (Å²) in [7, 11) is 0. The predicted molar refractivity (Wildman–Crippen MR) is 98.1 cm³/mol. The molecule has 0 atom stereocenters. The monoisotopic (exact) mass is 387 g/mol. The average molecular weight is 388 g/mol. The van der Waals surface area contributed by atoms with Crippen molar-refractivity contribution in [3.63, 3.8) is 0 Å². The topological polar surface area (TPSA) is 58.8 Å². The number of nitrogens with zero attached hydrogens (tertiary/aromatic N) is 3. The molecule has 7 heteroatoms. The molecule has 0 amide bonds. The van der Waals surface area contributed by atoms with Crippen molar-refractivity contribution in [1.29, 1.82) is 5.26 Å². The molecule has 0 bridgehead atoms. The lowest BCUT2D eigenvalue weighted by molar-refractivity contribution is 0.285. The molecule has 1 aromatic heterocycles. The highest BCUT2D eigenvalue weighted by Crippen LogP contribution is 2.34. The molecule has 0 saturated carbocycles. The highest BCUT2D eigenvalue weighted by molar-refractivity contribution is 7.99. The molecule has 3 rings (SSSR count). The number of rotatable bonds is 5. The molecule has 0 saturated heterocycles. The smallest absolute Gasteiger partial charge is 0.232 e. The van der Waals surface area contributed by atoms with Crippen molar-refractivity contribution >= 4 is 35.0 Å². The van der Waals surface area contributed by atoms with Crippen molar-refractivity contribution in [3.05, 3.63) is 76.2 Å². The predicted octanol–water partition coefficient (Wildman–Crippen LogP) is 5.39. The first-order valence-electron chi connectivity index (χ1n) is 7.22. The van der Waals surface area contributed by atoms with Crippen LogP contribution in [0.5, 0.6) is 5.88 Å². The van der Waals surface area contributed by atoms with E-state index in [1.807, 2.05) is 30.3 Å². The largest absolute Gasteiger partial charge is 0.472 e. The van der Waals surface area contributed by atoms with Crippen LogP contribution in [0.3, 0.4) is 0 Å². The molecule has 2 aromatic carbocycles. The van der Waals surface area contributed by atoms with Gasteiger partial charge in [-0.15, -0.1) is 0 Å². The van der Waals surface area contributed by atoms with Crippen LogP contribution in [0, 0.1) is 11.3 Å². The molecule has 0 aliphatic heterocycles. The van der Waals surface area contributed by atoms with Gasteiger partial charge in [0.2, 0.25) is 11.2 Å². The van der Waals surface area contributed by atoms with E-state index in [1.54, 1.807) is 24.4 Å². The van der Waals surface area contributed by atoms with E-state index in [0.717, 1.165) is 15.4 Å². The maximum Gasteiger partial charge on any atom is 0.232 e. The highest BCUT2D eigenvalue weighted by atomic mass is 35.5. The SMILES string of the molecule is N#Cc1ccc(Sc2cnc(Cl)nc2OCc2cccc(Cl)c2)cc1. The molecule has 25 heavy (non-hydrogen) atoms. The van der Waals surface area contributed by atoms with Gasteiger partial charge in [0.15, 0.2) is 0 Å². The fourth-order valence-corrected chi connectivity index (χ4v) is 3.17. The second kappa shape index (κ2) is 8.21. The molecule has 124 valence electrons. The van der Waals surface area contributed by atoms with Crippen LogP contribution in [0.15, 0.2) is 64.5 Å². The molecule has 0 fully saturated rings. The van der Waals surface area contributed by atoms with Crippen LogP contribution in [0.2, 0.25) is 10.3 Å². The standard InChI is InChI=1S/C18H11Cl2N3OS/c19-14-3-1-2-13(8-14)11-24-17-16(10-22-18(20)23-17)25-15-6-4-12(9-21)5-7-15/h1-8,10H,11H2. The van der Waals surface area contributed by atoms with Crippen LogP contribution in [-0.4, -0.2) is 9.97 Å². The molecule has 0 aliphatic carbocycles. The van der Waals surface area contributed by atoms with Crippen molar-refractivity contribution in [3.8, 4) is 11.9 Å². The molecule has 0 aliphatic rings. The third kappa shape index (κ3) is 4.86. The van der Waals surface area contributed by atoms with Gasteiger partial charge >= 0.3 is 0 Å². The summed E-state index contributed by atoms with van der Waals surface area (Å²) in [6.45, 7) is 0.314. The van der Waals surface area contributed by atoms with Crippen molar-refractivity contribution in [2.24, 2.45) is 0 Å². The normalized spacial score (nSPS) is 10.3. The lowest BCUT2D eigenvalue weighted by atomic mass is 10.2. The van der Waals surface area contributed by atoms with E-state index in [0.29, 0.717) is 23.1 Å². The van der Waals surface area contributed by atoms with Gasteiger partial charge in [-0.2, -0.15) is 10.2 Å². The van der Waals surface area contributed by atoms with Crippen LogP contribution in [0.1, 0.15) is 11.1 Å². The Kier molecular flexibility index (Phi) is 5.77. The Morgan fingerprint density at radius 2 is 1.92 bits per heavy atom. The molecule has 0 radical (unpaired) electrons. The van der Waals surface area contributed by atoms with E-state index in [4.69, 9.17) is 33.2 Å². The van der Waals surface area contributed by atoms with E-state index < -0.39 is 0 Å². The van der Waals surface area contributed by atoms with Gasteiger partial charge in [0.25, 0.3) is 0 Å². The summed E-state index contributed by atoms with van der Waals surface area (Å²) in [5.41, 5.74) is 1.53. The summed E-state index contributed by atoms with van der Waals surface area (Å²) in [6.07, 6.45) is 1.62. The van der Waals surface area contributed by atoms with Crippen LogP contribution >= 0.6 is 35.0 Å². The lowest BCUT2D eigenvalue weighted by Gasteiger charge is -2.10. The van der Waals surface area contributed by atoms with E-state index >= 15 is 0 Å². The number of hydrogen-bond acceptors (Lipinski definition) is 5. The molecule has 3 aromatic rings. The van der Waals surface area contributed by atoms with Crippen molar-refractivity contribution in [2.45, 2.75) is 16.4 Å². The zero-order valence-corrected chi connectivity index (χ0v) is 15.1. The van der Waals surface area contributed by atoms with Gasteiger partial charge in [-0.1, -0.05) is 35.5 Å². The molecule has 4 nitrogen and oxygen atoms in total. The first kappa shape index (κ1) is 17.6. The third-order valence-corrected chi connectivity index (χ3v) is 4.59. The van der Waals surface area contributed by atoms with Crippen molar-refractivity contribution < 1.29 is 4.74 Å². The molecule has 0 unspecified atom stereocenters. The number of ether oxygens (including phenoxy) is 1. The third-order valence-electron chi connectivity index (χ3n) is 3.17. The number of benzene rings is 2. The molecule has 0 spiro atoms. The summed E-state index contributed by atoms with van der Waals surface area (Å²) >= 11 is 13.3. The number of nitriles is 1. The Morgan fingerprint density at radius 1 is 1.12 bits per heavy atom. The van der Waals surface area contributed by atoms with E-state index in [9.17, 15) is 0 Å². The van der Waals surface area contributed by atoms with Crippen molar-refractivity contribution in [1.82, 2.24) is 9.97 Å². The minimum Gasteiger partial charge on any atom is -0.472 e. The van der Waals surface area contributed by atoms with E-state index in [-0.39, 0.29) is 5.28 Å². The number of halogens is 2. The maximum atomic E-state index is 8.87. The Morgan fingerprint density at radius 3 is 2.64 bits per heavy atom. The van der Waals surface area contributed by atoms with Gasteiger partial charge in [-0.05, 0) is 53.6 Å². The maximum absolute atomic E-state index is 8.87. The van der Waals surface area contributed by atoms with Crippen LogP contribution in [0.25, 0.3) is 0 Å². The summed E-state index contributed by atoms with van der Waals surface area (Å²) < 4.78 is 5.81. The summed E-state index contributed by atoms with van der Waals surface area (Å²) in [5, 5.41) is 9.63. The van der Waals surface area contributed by atoms with Crippen LogP contribution in [-0.2, 0) is 6.61 Å². The molecule has 0 N–H and O–H groups in total. The van der Waals surface area contributed by atoms with Crippen LogP contribution in [0.4, 0.5) is 0 Å². The van der Waals surface area contributed by atoms with Gasteiger partial charge in [-0.25, -0.2) is 4.98 Å². The first-order valence-corrected chi connectivity index (χ1v) is 8.79. The Labute approximate surface area is 159 Å². The zero-order chi connectivity index (χ0) is 17.6. The summed E-state index contributed by atoms with van der Waals surface area (Å²) in [5.74, 6) is 0.398. The second-order valence-electron chi connectivity index (χ2n) is 4.97. The van der Waals surface area contributed by atoms with E-state index in [1.165, 1.54) is 11.8 Å². The zero-order valence-electron chi connectivity index (χ0n) is 12.8. The van der Waals surface area contributed by atoms with E-state index in [2.05, 4.69) is 16.0 Å². The Balaban J connectivity index is 1.78. The Bertz CT molecular complexity index is 926. The van der Waals surface area contributed by atoms with Gasteiger partial charge in [0, 0.05) is 16.1 Å². The molecular weight excluding hydrogens is 377 g/mol. The first-order chi connectivity index (χ1) is 12.1. The quantitative estimate of drug-likeness (QED) is 0.549. The second-order valence-corrected chi connectivity index (χ2v) is 6.86.